The molecule has 8 heteroatoms. The molecule has 0 saturated carbocycles. The summed E-state index contributed by atoms with van der Waals surface area (Å²) in [7, 11) is 0. The lowest BCUT2D eigenvalue weighted by atomic mass is 10.0. The van der Waals surface area contributed by atoms with E-state index in [1.54, 1.807) is 6.92 Å². The summed E-state index contributed by atoms with van der Waals surface area (Å²) in [4.78, 5) is 22.2. The van der Waals surface area contributed by atoms with E-state index < -0.39 is 6.04 Å². The van der Waals surface area contributed by atoms with Crippen molar-refractivity contribution in [2.45, 2.75) is 72.9 Å². The summed E-state index contributed by atoms with van der Waals surface area (Å²) in [5.74, 6) is 0.874. The molecule has 0 aliphatic rings. The highest BCUT2D eigenvalue weighted by Gasteiger charge is 2.26. The Hall–Kier alpha value is -2.77. The van der Waals surface area contributed by atoms with Crippen LogP contribution in [-0.4, -0.2) is 30.8 Å². The molecule has 28 heavy (non-hydrogen) atoms. The summed E-state index contributed by atoms with van der Waals surface area (Å²) >= 11 is 0. The Labute approximate surface area is 164 Å². The van der Waals surface area contributed by atoms with Gasteiger partial charge in [-0.1, -0.05) is 19.0 Å². The second-order valence-electron chi connectivity index (χ2n) is 8.49. The van der Waals surface area contributed by atoms with Gasteiger partial charge in [0.1, 0.15) is 6.04 Å². The zero-order valence-electron chi connectivity index (χ0n) is 17.8. The lowest BCUT2D eigenvalue weighted by Crippen LogP contribution is -2.28. The van der Waals surface area contributed by atoms with Crippen LogP contribution in [0, 0.1) is 13.8 Å². The Balaban J connectivity index is 2.11. The number of pyridine rings is 1. The first-order valence-corrected chi connectivity index (χ1v) is 9.51. The maximum atomic E-state index is 13.2. The topological polar surface area (TPSA) is 98.7 Å². The van der Waals surface area contributed by atoms with Gasteiger partial charge in [-0.2, -0.15) is 10.1 Å². The van der Waals surface area contributed by atoms with Crippen LogP contribution in [0.5, 0.6) is 0 Å². The predicted molar refractivity (Wildman–Crippen MR) is 106 cm³/mol. The van der Waals surface area contributed by atoms with Crippen LogP contribution in [0.25, 0.3) is 11.0 Å². The highest BCUT2D eigenvalue weighted by atomic mass is 16.5. The van der Waals surface area contributed by atoms with E-state index in [0.29, 0.717) is 17.3 Å². The van der Waals surface area contributed by atoms with E-state index in [9.17, 15) is 4.79 Å². The van der Waals surface area contributed by atoms with Crippen LogP contribution < -0.4 is 5.32 Å². The minimum Gasteiger partial charge on any atom is -0.340 e. The maximum absolute atomic E-state index is 13.2. The second kappa shape index (κ2) is 7.00. The molecule has 1 amide bonds. The van der Waals surface area contributed by atoms with Crippen molar-refractivity contribution >= 4 is 16.9 Å². The van der Waals surface area contributed by atoms with Gasteiger partial charge in [0.05, 0.1) is 22.2 Å². The van der Waals surface area contributed by atoms with Crippen molar-refractivity contribution in [3.63, 3.8) is 0 Å². The quantitative estimate of drug-likeness (QED) is 0.734. The van der Waals surface area contributed by atoms with Crippen molar-refractivity contribution in [1.82, 2.24) is 30.2 Å². The molecular formula is C20H28N6O2. The average Bonchev–Trinajstić information content (AvgIpc) is 3.17. The van der Waals surface area contributed by atoms with Gasteiger partial charge < -0.3 is 9.84 Å². The highest BCUT2D eigenvalue weighted by Crippen LogP contribution is 2.29. The molecule has 1 unspecified atom stereocenters. The fraction of sp³-hybridized carbons (Fsp3) is 0.550. The fourth-order valence-electron chi connectivity index (χ4n) is 3.08. The molecular weight excluding hydrogens is 356 g/mol. The van der Waals surface area contributed by atoms with Crippen molar-refractivity contribution in [3.05, 3.63) is 34.7 Å². The van der Waals surface area contributed by atoms with Crippen LogP contribution in [0.15, 0.2) is 10.6 Å². The molecule has 3 aromatic rings. The molecule has 3 heterocycles. The maximum Gasteiger partial charge on any atom is 0.252 e. The van der Waals surface area contributed by atoms with E-state index >= 15 is 0 Å². The van der Waals surface area contributed by atoms with Gasteiger partial charge in [-0.3, -0.25) is 4.79 Å². The Morgan fingerprint density at radius 2 is 1.86 bits per heavy atom. The summed E-state index contributed by atoms with van der Waals surface area (Å²) in [6, 6.07) is 1.45. The monoisotopic (exact) mass is 384 g/mol. The normalized spacial score (nSPS) is 13.3. The third-order valence-corrected chi connectivity index (χ3v) is 4.57. The number of hydrogen-bond donors (Lipinski definition) is 1. The summed E-state index contributed by atoms with van der Waals surface area (Å²) in [5.41, 5.74) is 2.66. The molecule has 3 rings (SSSR count). The predicted octanol–water partition coefficient (Wildman–Crippen LogP) is 3.80. The van der Waals surface area contributed by atoms with Crippen molar-refractivity contribution < 1.29 is 9.32 Å². The minimum absolute atomic E-state index is 0.176. The number of aryl methyl sites for hydroxylation is 2. The molecule has 0 aliphatic heterocycles. The molecule has 0 saturated heterocycles. The SMILES string of the molecule is Cc1noc(C(C)NC(=O)c2cc(C(C)C)nc3c2c(C)nn3C(C)(C)C)n1. The van der Waals surface area contributed by atoms with Gasteiger partial charge in [0.2, 0.25) is 5.89 Å². The number of carbonyl (C=O) groups is 1. The molecule has 0 fully saturated rings. The van der Waals surface area contributed by atoms with Crippen LogP contribution >= 0.6 is 0 Å². The fourth-order valence-corrected chi connectivity index (χ4v) is 3.08. The lowest BCUT2D eigenvalue weighted by molar-refractivity contribution is 0.0934. The van der Waals surface area contributed by atoms with Crippen molar-refractivity contribution in [2.75, 3.05) is 0 Å². The number of fused-ring (bicyclic) bond motifs is 1. The Kier molecular flexibility index (Phi) is 4.99. The molecule has 150 valence electrons. The van der Waals surface area contributed by atoms with E-state index in [1.165, 1.54) is 0 Å². The zero-order valence-corrected chi connectivity index (χ0v) is 17.8. The first kappa shape index (κ1) is 20.0. The summed E-state index contributed by atoms with van der Waals surface area (Å²) in [5, 5.41) is 12.2. The van der Waals surface area contributed by atoms with E-state index in [-0.39, 0.29) is 17.4 Å². The van der Waals surface area contributed by atoms with Gasteiger partial charge in [-0.15, -0.1) is 0 Å². The molecule has 0 bridgehead atoms. The molecule has 1 N–H and O–H groups in total. The number of hydrogen-bond acceptors (Lipinski definition) is 6. The number of nitrogens with one attached hydrogen (secondary N) is 1. The molecule has 8 nitrogen and oxygen atoms in total. The number of aromatic nitrogens is 5. The first-order valence-electron chi connectivity index (χ1n) is 9.51. The van der Waals surface area contributed by atoms with Crippen LogP contribution in [0.4, 0.5) is 0 Å². The summed E-state index contributed by atoms with van der Waals surface area (Å²) < 4.78 is 7.07. The van der Waals surface area contributed by atoms with Gasteiger partial charge >= 0.3 is 0 Å². The van der Waals surface area contributed by atoms with Gasteiger partial charge in [0.25, 0.3) is 5.91 Å². The van der Waals surface area contributed by atoms with E-state index in [2.05, 4.69) is 55.2 Å². The summed E-state index contributed by atoms with van der Waals surface area (Å²) in [6.45, 7) is 15.8. The molecule has 0 aliphatic carbocycles. The molecule has 0 aromatic carbocycles. The Morgan fingerprint density at radius 3 is 2.39 bits per heavy atom. The van der Waals surface area contributed by atoms with Crippen LogP contribution in [0.1, 0.15) is 87.0 Å². The average molecular weight is 384 g/mol. The number of amides is 1. The van der Waals surface area contributed by atoms with Gasteiger partial charge in [0.15, 0.2) is 11.5 Å². The summed E-state index contributed by atoms with van der Waals surface area (Å²) in [6.07, 6.45) is 0. The van der Waals surface area contributed by atoms with Crippen molar-refractivity contribution in [1.29, 1.82) is 0 Å². The largest absolute Gasteiger partial charge is 0.340 e. The van der Waals surface area contributed by atoms with Gasteiger partial charge in [0, 0.05) is 5.69 Å². The molecule has 0 radical (unpaired) electrons. The van der Waals surface area contributed by atoms with E-state index in [4.69, 9.17) is 9.51 Å². The molecule has 3 aromatic heterocycles. The zero-order chi connectivity index (χ0) is 20.8. The van der Waals surface area contributed by atoms with Gasteiger partial charge in [-0.25, -0.2) is 9.67 Å². The molecule has 0 spiro atoms. The van der Waals surface area contributed by atoms with Crippen LogP contribution in [0.2, 0.25) is 0 Å². The first-order chi connectivity index (χ1) is 13.0. The minimum atomic E-state index is -0.405. The third kappa shape index (κ3) is 3.63. The van der Waals surface area contributed by atoms with Gasteiger partial charge in [-0.05, 0) is 53.5 Å². The number of nitrogens with zero attached hydrogens (tertiary/aromatic N) is 5. The highest BCUT2D eigenvalue weighted by molar-refractivity contribution is 6.06. The van der Waals surface area contributed by atoms with Crippen LogP contribution in [0.3, 0.4) is 0 Å². The molecule has 1 atom stereocenters. The smallest absolute Gasteiger partial charge is 0.252 e. The Morgan fingerprint density at radius 1 is 1.18 bits per heavy atom. The lowest BCUT2D eigenvalue weighted by Gasteiger charge is -2.20. The second-order valence-corrected chi connectivity index (χ2v) is 8.49. The number of rotatable bonds is 4. The standard InChI is InChI=1S/C20H28N6O2/c1-10(2)15-9-14(18(27)21-12(4)19-22-13(5)25-28-19)16-11(3)24-26(17(16)23-15)20(6,7)8/h9-10,12H,1-8H3,(H,21,27). The van der Waals surface area contributed by atoms with Crippen molar-refractivity contribution in [2.24, 2.45) is 0 Å². The van der Waals surface area contributed by atoms with Crippen LogP contribution in [-0.2, 0) is 5.54 Å². The Bertz CT molecular complexity index is 1030. The number of carbonyl (C=O) groups excluding carboxylic acids is 1. The third-order valence-electron chi connectivity index (χ3n) is 4.57. The van der Waals surface area contributed by atoms with Crippen molar-refractivity contribution in [3.8, 4) is 0 Å². The van der Waals surface area contributed by atoms with E-state index in [0.717, 1.165) is 22.4 Å². The van der Waals surface area contributed by atoms with E-state index in [1.807, 2.05) is 24.6 Å².